The maximum atomic E-state index is 14.0. The summed E-state index contributed by atoms with van der Waals surface area (Å²) in [5.74, 6) is 0.0222. The number of nitrogens with zero attached hydrogens (tertiary/aromatic N) is 4. The third-order valence-corrected chi connectivity index (χ3v) is 4.30. The van der Waals surface area contributed by atoms with Gasteiger partial charge in [-0.1, -0.05) is 0 Å². The van der Waals surface area contributed by atoms with Gasteiger partial charge < -0.3 is 9.64 Å². The van der Waals surface area contributed by atoms with Crippen LogP contribution in [0.4, 0.5) is 10.3 Å². The topological polar surface area (TPSA) is 60.2 Å². The fourth-order valence-corrected chi connectivity index (χ4v) is 2.72. The standard InChI is InChI=1S/C16H19FN4O2/c1-10-11(2)23-7-6-21(10)16-19-14(8-15(22)20(16)3)12-4-5-18-9-13(12)17/h4-5,8-11H,6-7H2,1-3H3/t10-,11+/m1/s1. The Balaban J connectivity index is 2.11. The van der Waals surface area contributed by atoms with Crippen LogP contribution in [0.25, 0.3) is 11.3 Å². The van der Waals surface area contributed by atoms with Crippen LogP contribution in [0.5, 0.6) is 0 Å². The van der Waals surface area contributed by atoms with E-state index in [1.165, 1.54) is 22.9 Å². The molecule has 0 N–H and O–H groups in total. The Kier molecular flexibility index (Phi) is 4.12. The van der Waals surface area contributed by atoms with Crippen molar-refractivity contribution in [2.24, 2.45) is 7.05 Å². The number of pyridine rings is 1. The average Bonchev–Trinajstić information content (AvgIpc) is 2.53. The van der Waals surface area contributed by atoms with E-state index < -0.39 is 5.82 Å². The van der Waals surface area contributed by atoms with E-state index in [0.717, 1.165) is 6.20 Å². The van der Waals surface area contributed by atoms with Crippen LogP contribution in [-0.2, 0) is 11.8 Å². The highest BCUT2D eigenvalue weighted by molar-refractivity contribution is 5.60. The molecule has 0 amide bonds. The summed E-state index contributed by atoms with van der Waals surface area (Å²) in [6, 6.07) is 2.93. The molecule has 2 aromatic heterocycles. The minimum Gasteiger partial charge on any atom is -0.375 e. The average molecular weight is 318 g/mol. The Morgan fingerprint density at radius 2 is 2.17 bits per heavy atom. The summed E-state index contributed by atoms with van der Waals surface area (Å²) in [7, 11) is 1.67. The van der Waals surface area contributed by atoms with Gasteiger partial charge >= 0.3 is 0 Å². The third kappa shape index (κ3) is 2.84. The minimum atomic E-state index is -0.498. The lowest BCUT2D eigenvalue weighted by Gasteiger charge is -2.39. The molecule has 0 spiro atoms. The van der Waals surface area contributed by atoms with E-state index in [0.29, 0.717) is 24.8 Å². The van der Waals surface area contributed by atoms with Gasteiger partial charge in [-0.25, -0.2) is 9.37 Å². The molecule has 0 radical (unpaired) electrons. The lowest BCUT2D eigenvalue weighted by Crippen LogP contribution is -2.50. The predicted molar refractivity (Wildman–Crippen MR) is 84.9 cm³/mol. The lowest BCUT2D eigenvalue weighted by molar-refractivity contribution is 0.0274. The predicted octanol–water partition coefficient (Wildman–Crippen LogP) is 1.59. The fraction of sp³-hybridized carbons (Fsp3) is 0.438. The van der Waals surface area contributed by atoms with Crippen molar-refractivity contribution in [1.82, 2.24) is 14.5 Å². The molecular weight excluding hydrogens is 299 g/mol. The summed E-state index contributed by atoms with van der Waals surface area (Å²) in [4.78, 5) is 22.6. The molecule has 0 saturated carbocycles. The van der Waals surface area contributed by atoms with Crippen molar-refractivity contribution < 1.29 is 9.13 Å². The molecule has 2 atom stereocenters. The quantitative estimate of drug-likeness (QED) is 0.842. The van der Waals surface area contributed by atoms with Crippen molar-refractivity contribution in [1.29, 1.82) is 0 Å². The van der Waals surface area contributed by atoms with Gasteiger partial charge in [-0.2, -0.15) is 0 Å². The van der Waals surface area contributed by atoms with Crippen molar-refractivity contribution in [2.45, 2.75) is 26.0 Å². The zero-order valence-corrected chi connectivity index (χ0v) is 13.4. The van der Waals surface area contributed by atoms with E-state index in [-0.39, 0.29) is 23.3 Å². The highest BCUT2D eigenvalue weighted by atomic mass is 19.1. The molecule has 1 saturated heterocycles. The zero-order chi connectivity index (χ0) is 16.6. The molecule has 3 heterocycles. The number of aromatic nitrogens is 3. The molecule has 0 aliphatic carbocycles. The molecule has 23 heavy (non-hydrogen) atoms. The molecule has 0 aromatic carbocycles. The molecule has 1 aliphatic heterocycles. The molecule has 122 valence electrons. The second kappa shape index (κ2) is 6.08. The van der Waals surface area contributed by atoms with E-state index in [1.807, 2.05) is 18.7 Å². The normalized spacial score (nSPS) is 21.5. The maximum Gasteiger partial charge on any atom is 0.255 e. The van der Waals surface area contributed by atoms with Gasteiger partial charge in [0.05, 0.1) is 30.6 Å². The van der Waals surface area contributed by atoms with Gasteiger partial charge in [-0.3, -0.25) is 14.3 Å². The smallest absolute Gasteiger partial charge is 0.255 e. The second-order valence-electron chi connectivity index (χ2n) is 5.70. The second-order valence-corrected chi connectivity index (χ2v) is 5.70. The Morgan fingerprint density at radius 1 is 1.39 bits per heavy atom. The largest absolute Gasteiger partial charge is 0.375 e. The van der Waals surface area contributed by atoms with Crippen molar-refractivity contribution in [3.05, 3.63) is 40.7 Å². The van der Waals surface area contributed by atoms with Gasteiger partial charge in [-0.15, -0.1) is 0 Å². The third-order valence-electron chi connectivity index (χ3n) is 4.30. The molecule has 0 bridgehead atoms. The van der Waals surface area contributed by atoms with E-state index in [2.05, 4.69) is 9.97 Å². The summed E-state index contributed by atoms with van der Waals surface area (Å²) in [5, 5.41) is 0. The number of rotatable bonds is 2. The van der Waals surface area contributed by atoms with Gasteiger partial charge in [0.1, 0.15) is 0 Å². The Labute approximate surface area is 133 Å². The van der Waals surface area contributed by atoms with Gasteiger partial charge in [0.15, 0.2) is 5.82 Å². The molecular formula is C16H19FN4O2. The highest BCUT2D eigenvalue weighted by Crippen LogP contribution is 2.24. The summed E-state index contributed by atoms with van der Waals surface area (Å²) in [6.45, 7) is 5.21. The number of hydrogen-bond acceptors (Lipinski definition) is 5. The highest BCUT2D eigenvalue weighted by Gasteiger charge is 2.28. The summed E-state index contributed by atoms with van der Waals surface area (Å²) >= 11 is 0. The molecule has 3 rings (SSSR count). The van der Waals surface area contributed by atoms with Crippen LogP contribution >= 0.6 is 0 Å². The van der Waals surface area contributed by atoms with E-state index >= 15 is 0 Å². The molecule has 1 aliphatic rings. The van der Waals surface area contributed by atoms with Crippen LogP contribution in [0, 0.1) is 5.82 Å². The van der Waals surface area contributed by atoms with Crippen LogP contribution in [-0.4, -0.2) is 39.8 Å². The summed E-state index contributed by atoms with van der Waals surface area (Å²) in [6.07, 6.45) is 2.63. The Hall–Kier alpha value is -2.28. The zero-order valence-electron chi connectivity index (χ0n) is 13.4. The number of ether oxygens (including phenoxy) is 1. The Morgan fingerprint density at radius 3 is 2.91 bits per heavy atom. The van der Waals surface area contributed by atoms with Gasteiger partial charge in [0, 0.05) is 31.4 Å². The first-order valence-electron chi connectivity index (χ1n) is 7.55. The number of morpholine rings is 1. The van der Waals surface area contributed by atoms with Crippen molar-refractivity contribution in [2.75, 3.05) is 18.1 Å². The van der Waals surface area contributed by atoms with Gasteiger partial charge in [0.25, 0.3) is 5.56 Å². The molecule has 6 nitrogen and oxygen atoms in total. The fourth-order valence-electron chi connectivity index (χ4n) is 2.72. The first-order valence-corrected chi connectivity index (χ1v) is 7.55. The number of halogens is 1. The van der Waals surface area contributed by atoms with Crippen LogP contribution in [0.15, 0.2) is 29.3 Å². The van der Waals surface area contributed by atoms with E-state index in [1.54, 1.807) is 7.05 Å². The molecule has 7 heteroatoms. The summed E-state index contributed by atoms with van der Waals surface area (Å²) in [5.41, 5.74) is 0.356. The Bertz CT molecular complexity index is 777. The monoisotopic (exact) mass is 318 g/mol. The lowest BCUT2D eigenvalue weighted by atomic mass is 10.1. The van der Waals surface area contributed by atoms with Crippen LogP contribution in [0.1, 0.15) is 13.8 Å². The van der Waals surface area contributed by atoms with Crippen LogP contribution < -0.4 is 10.5 Å². The first-order chi connectivity index (χ1) is 11.0. The number of anilines is 1. The minimum absolute atomic E-state index is 0.0296. The van der Waals surface area contributed by atoms with Gasteiger partial charge in [-0.05, 0) is 19.9 Å². The van der Waals surface area contributed by atoms with E-state index in [9.17, 15) is 9.18 Å². The number of hydrogen-bond donors (Lipinski definition) is 0. The SMILES string of the molecule is C[C@@H]1OCCN(c2nc(-c3ccncc3F)cc(=O)n2C)[C@@H]1C. The van der Waals surface area contributed by atoms with Crippen LogP contribution in [0.3, 0.4) is 0 Å². The van der Waals surface area contributed by atoms with Crippen molar-refractivity contribution >= 4 is 5.95 Å². The van der Waals surface area contributed by atoms with Crippen LogP contribution in [0.2, 0.25) is 0 Å². The van der Waals surface area contributed by atoms with Gasteiger partial charge in [0.2, 0.25) is 5.95 Å². The molecule has 2 aromatic rings. The van der Waals surface area contributed by atoms with Crippen molar-refractivity contribution in [3.63, 3.8) is 0 Å². The van der Waals surface area contributed by atoms with E-state index in [4.69, 9.17) is 4.74 Å². The van der Waals surface area contributed by atoms with Crippen molar-refractivity contribution in [3.8, 4) is 11.3 Å². The molecule has 0 unspecified atom stereocenters. The molecule has 1 fully saturated rings. The summed E-state index contributed by atoms with van der Waals surface area (Å²) < 4.78 is 21.1. The maximum absolute atomic E-state index is 14.0. The first kappa shape index (κ1) is 15.6.